The number of methoxy groups -OCH3 is 1. The highest BCUT2D eigenvalue weighted by Crippen LogP contribution is 2.49. The molecule has 1 aromatic heterocycles. The van der Waals surface area contributed by atoms with Crippen LogP contribution in [0.15, 0.2) is 78.9 Å². The number of ether oxygens (including phenoxy) is 1. The number of benzene rings is 3. The van der Waals surface area contributed by atoms with Crippen LogP contribution >= 0.6 is 0 Å². The lowest BCUT2D eigenvalue weighted by molar-refractivity contribution is -0.166. The van der Waals surface area contributed by atoms with Gasteiger partial charge < -0.3 is 19.5 Å². The quantitative estimate of drug-likeness (QED) is 0.425. The summed E-state index contributed by atoms with van der Waals surface area (Å²) in [4.78, 5) is 35.1. The van der Waals surface area contributed by atoms with Gasteiger partial charge in [0.1, 0.15) is 5.75 Å². The van der Waals surface area contributed by atoms with Crippen LogP contribution in [-0.4, -0.2) is 53.3 Å². The Kier molecular flexibility index (Phi) is 5.55. The minimum absolute atomic E-state index is 0.0356. The van der Waals surface area contributed by atoms with E-state index in [2.05, 4.69) is 36.2 Å². The summed E-state index contributed by atoms with van der Waals surface area (Å²) in [5, 5.41) is 1.07. The van der Waals surface area contributed by atoms with Crippen molar-refractivity contribution in [2.24, 2.45) is 0 Å². The van der Waals surface area contributed by atoms with Crippen LogP contribution in [0.1, 0.15) is 48.1 Å². The van der Waals surface area contributed by atoms with E-state index in [1.54, 1.807) is 16.9 Å². The van der Waals surface area contributed by atoms with E-state index in [1.807, 2.05) is 61.5 Å². The molecule has 0 radical (unpaired) electrons. The maximum absolute atomic E-state index is 14.3. The monoisotopic (exact) mass is 493 g/mol. The van der Waals surface area contributed by atoms with Gasteiger partial charge in [-0.2, -0.15) is 0 Å². The van der Waals surface area contributed by atoms with Crippen molar-refractivity contribution >= 4 is 22.7 Å². The molecule has 0 bridgehead atoms. The molecule has 0 unspecified atom stereocenters. The molecule has 1 saturated heterocycles. The van der Waals surface area contributed by atoms with E-state index in [1.165, 1.54) is 0 Å². The van der Waals surface area contributed by atoms with Crippen molar-refractivity contribution < 1.29 is 14.3 Å². The van der Waals surface area contributed by atoms with Gasteiger partial charge in [-0.15, -0.1) is 0 Å². The van der Waals surface area contributed by atoms with E-state index in [0.717, 1.165) is 39.0 Å². The third kappa shape index (κ3) is 3.54. The van der Waals surface area contributed by atoms with Crippen LogP contribution in [-0.2, 0) is 15.1 Å². The summed E-state index contributed by atoms with van der Waals surface area (Å²) in [6.45, 7) is 5.00. The maximum atomic E-state index is 14.3. The Morgan fingerprint density at radius 3 is 2.49 bits per heavy atom. The van der Waals surface area contributed by atoms with E-state index in [4.69, 9.17) is 4.74 Å². The zero-order valence-corrected chi connectivity index (χ0v) is 21.4. The van der Waals surface area contributed by atoms with Crippen molar-refractivity contribution in [2.75, 3.05) is 26.7 Å². The fraction of sp³-hybridized carbons (Fsp3) is 0.290. The molecule has 1 fully saturated rings. The standard InChI is InChI=1S/C31H31N3O3/c1-20(21-11-5-4-6-12-21)17-33-19-27(35)34-18-24(22-13-8-10-16-26(22)37-3)28-23-14-7-9-15-25(23)32-29(28)31(34,2)30(33)36/h4-16,20,24,32H,17-19H2,1-3H3/t20-,24+,31-/m0/s1. The van der Waals surface area contributed by atoms with Gasteiger partial charge in [0.05, 0.1) is 19.3 Å². The van der Waals surface area contributed by atoms with E-state index in [0.29, 0.717) is 13.1 Å². The van der Waals surface area contributed by atoms with Crippen molar-refractivity contribution in [2.45, 2.75) is 31.2 Å². The minimum atomic E-state index is -1.11. The summed E-state index contributed by atoms with van der Waals surface area (Å²) in [6, 6.07) is 26.2. The lowest BCUT2D eigenvalue weighted by Gasteiger charge is -2.51. The molecule has 0 spiro atoms. The van der Waals surface area contributed by atoms with Gasteiger partial charge in [-0.3, -0.25) is 9.59 Å². The molecule has 4 aromatic rings. The van der Waals surface area contributed by atoms with Crippen molar-refractivity contribution in [3.8, 4) is 5.75 Å². The van der Waals surface area contributed by atoms with Crippen molar-refractivity contribution in [1.82, 2.24) is 14.8 Å². The number of nitrogens with one attached hydrogen (secondary N) is 1. The first-order valence-electron chi connectivity index (χ1n) is 12.8. The van der Waals surface area contributed by atoms with Gasteiger partial charge in [0, 0.05) is 35.5 Å². The van der Waals surface area contributed by atoms with Crippen molar-refractivity contribution in [1.29, 1.82) is 0 Å². The van der Waals surface area contributed by atoms with E-state index < -0.39 is 5.54 Å². The molecule has 6 heteroatoms. The highest BCUT2D eigenvalue weighted by atomic mass is 16.5. The largest absolute Gasteiger partial charge is 0.496 e. The smallest absolute Gasteiger partial charge is 0.254 e. The average molecular weight is 494 g/mol. The summed E-state index contributed by atoms with van der Waals surface area (Å²) in [5.41, 5.74) is 3.88. The Balaban J connectivity index is 1.48. The number of nitrogens with zero attached hydrogens (tertiary/aromatic N) is 2. The second-order valence-electron chi connectivity index (χ2n) is 10.3. The van der Waals surface area contributed by atoms with Gasteiger partial charge in [0.25, 0.3) is 5.91 Å². The molecule has 2 aliphatic heterocycles. The first-order valence-corrected chi connectivity index (χ1v) is 12.8. The Bertz CT molecular complexity index is 1490. The Hall–Kier alpha value is -4.06. The number of aromatic nitrogens is 1. The first-order chi connectivity index (χ1) is 17.9. The lowest BCUT2D eigenvalue weighted by Crippen LogP contribution is -2.67. The van der Waals surface area contributed by atoms with Gasteiger partial charge in [0.15, 0.2) is 5.54 Å². The molecule has 1 N–H and O–H groups in total. The number of aromatic amines is 1. The summed E-state index contributed by atoms with van der Waals surface area (Å²) in [7, 11) is 1.67. The van der Waals surface area contributed by atoms with Crippen LogP contribution < -0.4 is 4.74 Å². The number of hydrogen-bond acceptors (Lipinski definition) is 3. The second kappa shape index (κ2) is 8.80. The van der Waals surface area contributed by atoms with E-state index in [-0.39, 0.29) is 30.2 Å². The molecule has 37 heavy (non-hydrogen) atoms. The Labute approximate surface area is 216 Å². The average Bonchev–Trinajstić information content (AvgIpc) is 3.33. The number of rotatable bonds is 5. The van der Waals surface area contributed by atoms with Crippen LogP contribution in [0.5, 0.6) is 5.75 Å². The molecule has 3 heterocycles. The zero-order chi connectivity index (χ0) is 25.7. The molecule has 6 nitrogen and oxygen atoms in total. The number of para-hydroxylation sites is 2. The second-order valence-corrected chi connectivity index (χ2v) is 10.3. The SMILES string of the molecule is COc1ccccc1[C@H]1CN2C(=O)CN(C[C@H](C)c3ccccc3)C(=O)[C@]2(C)c2[nH]c3ccccc3c21. The summed E-state index contributed by atoms with van der Waals surface area (Å²) >= 11 is 0. The number of carbonyl (C=O) groups is 2. The van der Waals surface area contributed by atoms with Gasteiger partial charge in [-0.05, 0) is 36.1 Å². The molecular formula is C31H31N3O3. The number of hydrogen-bond donors (Lipinski definition) is 1. The van der Waals surface area contributed by atoms with Crippen LogP contribution in [0.3, 0.4) is 0 Å². The third-order valence-corrected chi connectivity index (χ3v) is 8.19. The van der Waals surface area contributed by atoms with Gasteiger partial charge >= 0.3 is 0 Å². The topological polar surface area (TPSA) is 65.6 Å². The first kappa shape index (κ1) is 23.3. The van der Waals surface area contributed by atoms with Crippen molar-refractivity contribution in [3.05, 3.63) is 101 Å². The molecular weight excluding hydrogens is 462 g/mol. The number of fused-ring (bicyclic) bond motifs is 5. The lowest BCUT2D eigenvalue weighted by atomic mass is 9.76. The van der Waals surface area contributed by atoms with Crippen LogP contribution in [0, 0.1) is 0 Å². The summed E-state index contributed by atoms with van der Waals surface area (Å²) in [6.07, 6.45) is 0. The van der Waals surface area contributed by atoms with Crippen molar-refractivity contribution in [3.63, 3.8) is 0 Å². The van der Waals surface area contributed by atoms with Crippen LogP contribution in [0.4, 0.5) is 0 Å². The normalized spacial score (nSPS) is 22.1. The predicted molar refractivity (Wildman–Crippen MR) is 144 cm³/mol. The highest BCUT2D eigenvalue weighted by Gasteiger charge is 2.56. The molecule has 3 aromatic carbocycles. The fourth-order valence-electron chi connectivity index (χ4n) is 6.28. The number of piperazine rings is 1. The van der Waals surface area contributed by atoms with Gasteiger partial charge in [-0.25, -0.2) is 0 Å². The number of carbonyl (C=O) groups excluding carboxylic acids is 2. The van der Waals surface area contributed by atoms with Crippen LogP contribution in [0.2, 0.25) is 0 Å². The molecule has 2 aliphatic rings. The molecule has 6 rings (SSSR count). The van der Waals surface area contributed by atoms with E-state index in [9.17, 15) is 9.59 Å². The van der Waals surface area contributed by atoms with Gasteiger partial charge in [0.2, 0.25) is 5.91 Å². The number of amides is 2. The molecule has 0 aliphatic carbocycles. The summed E-state index contributed by atoms with van der Waals surface area (Å²) in [5.74, 6) is 0.691. The van der Waals surface area contributed by atoms with E-state index >= 15 is 0 Å². The van der Waals surface area contributed by atoms with Gasteiger partial charge in [-0.1, -0.05) is 73.7 Å². The Morgan fingerprint density at radius 2 is 1.70 bits per heavy atom. The van der Waals surface area contributed by atoms with Crippen LogP contribution in [0.25, 0.3) is 10.9 Å². The molecule has 188 valence electrons. The fourth-order valence-corrected chi connectivity index (χ4v) is 6.28. The number of H-pyrrole nitrogens is 1. The molecule has 2 amide bonds. The Morgan fingerprint density at radius 1 is 1.00 bits per heavy atom. The summed E-state index contributed by atoms with van der Waals surface area (Å²) < 4.78 is 5.73. The highest BCUT2D eigenvalue weighted by molar-refractivity contribution is 6.01. The predicted octanol–water partition coefficient (Wildman–Crippen LogP) is 5.01. The minimum Gasteiger partial charge on any atom is -0.496 e. The third-order valence-electron chi connectivity index (χ3n) is 8.19. The zero-order valence-electron chi connectivity index (χ0n) is 21.4. The maximum Gasteiger partial charge on any atom is 0.254 e. The molecule has 3 atom stereocenters. The molecule has 0 saturated carbocycles.